The number of carbonyl (C=O) groups is 1. The van der Waals surface area contributed by atoms with Crippen molar-refractivity contribution in [1.82, 2.24) is 15.3 Å². The lowest BCUT2D eigenvalue weighted by Crippen LogP contribution is -2.32. The molecule has 3 aromatic rings. The fourth-order valence-electron chi connectivity index (χ4n) is 4.70. The first-order valence-corrected chi connectivity index (χ1v) is 11.9. The van der Waals surface area contributed by atoms with E-state index in [-0.39, 0.29) is 29.8 Å². The highest BCUT2D eigenvalue weighted by Crippen LogP contribution is 2.33. The summed E-state index contributed by atoms with van der Waals surface area (Å²) in [6.07, 6.45) is 5.27. The van der Waals surface area contributed by atoms with Crippen LogP contribution in [-0.2, 0) is 11.3 Å². The van der Waals surface area contributed by atoms with Crippen LogP contribution in [0.1, 0.15) is 42.2 Å². The topological polar surface area (TPSA) is 79.4 Å². The zero-order valence-corrected chi connectivity index (χ0v) is 19.5. The maximum absolute atomic E-state index is 14.4. The predicted octanol–water partition coefficient (Wildman–Crippen LogP) is 4.80. The Morgan fingerprint density at radius 3 is 2.74 bits per heavy atom. The lowest BCUT2D eigenvalue weighted by Gasteiger charge is -2.26. The summed E-state index contributed by atoms with van der Waals surface area (Å²) in [7, 11) is 0. The Hall–Kier alpha value is -3.59. The molecule has 0 bridgehead atoms. The molecule has 0 aliphatic carbocycles. The highest BCUT2D eigenvalue weighted by atomic mass is 19.1. The van der Waals surface area contributed by atoms with Gasteiger partial charge in [-0.25, -0.2) is 18.7 Å². The summed E-state index contributed by atoms with van der Waals surface area (Å²) in [5.74, 6) is -1.21. The molecule has 1 saturated heterocycles. The van der Waals surface area contributed by atoms with E-state index in [0.29, 0.717) is 29.4 Å². The quantitative estimate of drug-likeness (QED) is 0.529. The summed E-state index contributed by atoms with van der Waals surface area (Å²) in [6, 6.07) is 8.97. The van der Waals surface area contributed by atoms with Crippen LogP contribution < -0.4 is 15.5 Å². The molecule has 35 heavy (non-hydrogen) atoms. The number of rotatable bonds is 6. The van der Waals surface area contributed by atoms with Crippen LogP contribution >= 0.6 is 0 Å². The Labute approximate surface area is 202 Å². The van der Waals surface area contributed by atoms with Crippen molar-refractivity contribution in [2.75, 3.05) is 29.9 Å². The standard InChI is InChI=1S/C26H27F2N5O2/c1-2-35-17-6-3-4-11-33(15-17)16-9-10-23(29-13-16)32-21-12-20(24-18(27)7-5-8-19(24)28)31-22-14-30-26(34)25(21)22/h5,7-10,12-13,17H,2-4,6,11,14-15H2,1H3,(H,30,34)(H,29,31,32)/t17-/m0/s1. The van der Waals surface area contributed by atoms with Crippen molar-refractivity contribution in [1.29, 1.82) is 0 Å². The molecule has 5 rings (SSSR count). The average Bonchev–Trinajstić information content (AvgIpc) is 3.06. The third-order valence-electron chi connectivity index (χ3n) is 6.36. The molecule has 0 radical (unpaired) electrons. The van der Waals surface area contributed by atoms with Crippen LogP contribution in [0, 0.1) is 11.6 Å². The van der Waals surface area contributed by atoms with Gasteiger partial charge in [0.1, 0.15) is 17.5 Å². The summed E-state index contributed by atoms with van der Waals surface area (Å²) >= 11 is 0. The number of anilines is 3. The Morgan fingerprint density at radius 1 is 1.17 bits per heavy atom. The second kappa shape index (κ2) is 9.95. The van der Waals surface area contributed by atoms with Gasteiger partial charge < -0.3 is 20.3 Å². The van der Waals surface area contributed by atoms with Gasteiger partial charge >= 0.3 is 0 Å². The monoisotopic (exact) mass is 479 g/mol. The molecule has 7 nitrogen and oxygen atoms in total. The largest absolute Gasteiger partial charge is 0.377 e. The van der Waals surface area contributed by atoms with Crippen molar-refractivity contribution >= 4 is 23.1 Å². The van der Waals surface area contributed by atoms with Crippen molar-refractivity contribution < 1.29 is 18.3 Å². The number of hydrogen-bond donors (Lipinski definition) is 2. The lowest BCUT2D eigenvalue weighted by molar-refractivity contribution is 0.0639. The fraction of sp³-hybridized carbons (Fsp3) is 0.346. The number of aromatic nitrogens is 2. The normalized spacial score (nSPS) is 17.6. The number of halogens is 2. The molecule has 182 valence electrons. The van der Waals surface area contributed by atoms with E-state index >= 15 is 0 Å². The number of nitrogens with one attached hydrogen (secondary N) is 2. The third kappa shape index (κ3) is 4.81. The summed E-state index contributed by atoms with van der Waals surface area (Å²) in [4.78, 5) is 23.6. The zero-order chi connectivity index (χ0) is 24.4. The maximum atomic E-state index is 14.4. The van der Waals surface area contributed by atoms with Gasteiger partial charge in [0.25, 0.3) is 5.91 Å². The van der Waals surface area contributed by atoms with Gasteiger partial charge in [0.2, 0.25) is 0 Å². The van der Waals surface area contributed by atoms with Crippen LogP contribution in [-0.4, -0.2) is 41.7 Å². The molecule has 2 aromatic heterocycles. The van der Waals surface area contributed by atoms with Crippen molar-refractivity contribution in [3.63, 3.8) is 0 Å². The average molecular weight is 480 g/mol. The van der Waals surface area contributed by atoms with Crippen molar-refractivity contribution in [3.05, 3.63) is 65.5 Å². The number of nitrogens with zero attached hydrogens (tertiary/aromatic N) is 3. The van der Waals surface area contributed by atoms with Crippen LogP contribution in [0.15, 0.2) is 42.6 Å². The first-order chi connectivity index (χ1) is 17.0. The van der Waals surface area contributed by atoms with Crippen molar-refractivity contribution in [3.8, 4) is 11.3 Å². The van der Waals surface area contributed by atoms with E-state index in [2.05, 4.69) is 25.5 Å². The molecular weight excluding hydrogens is 452 g/mol. The number of benzene rings is 1. The number of fused-ring (bicyclic) bond motifs is 1. The summed E-state index contributed by atoms with van der Waals surface area (Å²) < 4.78 is 34.7. The molecule has 0 spiro atoms. The minimum Gasteiger partial charge on any atom is -0.377 e. The van der Waals surface area contributed by atoms with Crippen molar-refractivity contribution in [2.24, 2.45) is 0 Å². The van der Waals surface area contributed by atoms with E-state index in [1.165, 1.54) is 24.3 Å². The minimum absolute atomic E-state index is 0.113. The highest BCUT2D eigenvalue weighted by Gasteiger charge is 2.27. The summed E-state index contributed by atoms with van der Waals surface area (Å²) in [5, 5.41) is 5.88. The van der Waals surface area contributed by atoms with Crippen molar-refractivity contribution in [2.45, 2.75) is 38.8 Å². The molecule has 0 saturated carbocycles. The van der Waals surface area contributed by atoms with Gasteiger partial charge in [-0.2, -0.15) is 0 Å². The minimum atomic E-state index is -0.717. The van der Waals surface area contributed by atoms with E-state index in [1.54, 1.807) is 6.20 Å². The van der Waals surface area contributed by atoms with Gasteiger partial charge in [-0.1, -0.05) is 6.07 Å². The number of pyridine rings is 2. The van der Waals surface area contributed by atoms with Crippen LogP contribution in [0.25, 0.3) is 11.3 Å². The number of amides is 1. The Morgan fingerprint density at radius 2 is 2.00 bits per heavy atom. The maximum Gasteiger partial charge on any atom is 0.255 e. The molecule has 1 aromatic carbocycles. The van der Waals surface area contributed by atoms with Crippen LogP contribution in [0.4, 0.5) is 26.0 Å². The molecule has 1 fully saturated rings. The van der Waals surface area contributed by atoms with E-state index in [0.717, 1.165) is 38.0 Å². The first kappa shape index (κ1) is 23.2. The molecule has 2 aliphatic rings. The molecule has 2 aliphatic heterocycles. The van der Waals surface area contributed by atoms with Gasteiger partial charge in [0, 0.05) is 19.7 Å². The van der Waals surface area contributed by atoms with Gasteiger partial charge in [0.15, 0.2) is 0 Å². The third-order valence-corrected chi connectivity index (χ3v) is 6.36. The number of carbonyl (C=O) groups excluding carboxylic acids is 1. The molecule has 4 heterocycles. The van der Waals surface area contributed by atoms with Gasteiger partial charge in [0.05, 0.1) is 52.7 Å². The van der Waals surface area contributed by atoms with E-state index in [1.807, 2.05) is 19.1 Å². The van der Waals surface area contributed by atoms with Gasteiger partial charge in [-0.3, -0.25) is 4.79 Å². The van der Waals surface area contributed by atoms with E-state index < -0.39 is 11.6 Å². The second-order valence-corrected chi connectivity index (χ2v) is 8.70. The molecule has 9 heteroatoms. The SMILES string of the molecule is CCO[C@H]1CCCCN(c2ccc(Nc3cc(-c4c(F)cccc4F)nc4c3C(=O)NC4)nc2)C1. The summed E-state index contributed by atoms with van der Waals surface area (Å²) in [5.41, 5.74) is 2.06. The Balaban J connectivity index is 1.43. The molecule has 1 atom stereocenters. The van der Waals surface area contributed by atoms with Gasteiger partial charge in [-0.05, 0) is 56.5 Å². The second-order valence-electron chi connectivity index (χ2n) is 8.70. The summed E-state index contributed by atoms with van der Waals surface area (Å²) in [6.45, 7) is 4.65. The smallest absolute Gasteiger partial charge is 0.255 e. The number of hydrogen-bond acceptors (Lipinski definition) is 6. The highest BCUT2D eigenvalue weighted by molar-refractivity contribution is 6.04. The van der Waals surface area contributed by atoms with Crippen LogP contribution in [0.2, 0.25) is 0 Å². The van der Waals surface area contributed by atoms with Crippen LogP contribution in [0.3, 0.4) is 0 Å². The molecule has 1 amide bonds. The molecular formula is C26H27F2N5O2. The van der Waals surface area contributed by atoms with Crippen LogP contribution in [0.5, 0.6) is 0 Å². The molecule has 2 N–H and O–H groups in total. The molecule has 0 unspecified atom stereocenters. The first-order valence-electron chi connectivity index (χ1n) is 11.9. The van der Waals surface area contributed by atoms with E-state index in [9.17, 15) is 13.6 Å². The Kier molecular flexibility index (Phi) is 6.59. The van der Waals surface area contributed by atoms with E-state index in [4.69, 9.17) is 4.74 Å². The fourth-order valence-corrected chi connectivity index (χ4v) is 4.70. The predicted molar refractivity (Wildman–Crippen MR) is 130 cm³/mol. The Bertz CT molecular complexity index is 1210. The number of ether oxygens (including phenoxy) is 1. The van der Waals surface area contributed by atoms with Gasteiger partial charge in [-0.15, -0.1) is 0 Å². The zero-order valence-electron chi connectivity index (χ0n) is 19.5. The lowest BCUT2D eigenvalue weighted by atomic mass is 10.1.